The number of amides is 2. The highest BCUT2D eigenvalue weighted by molar-refractivity contribution is 7.92. The zero-order chi connectivity index (χ0) is 33.3. The van der Waals surface area contributed by atoms with Crippen LogP contribution < -0.4 is 14.4 Å². The summed E-state index contributed by atoms with van der Waals surface area (Å²) in [4.78, 5) is 29.9. The Bertz CT molecular complexity index is 1720. The molecule has 2 amide bonds. The van der Waals surface area contributed by atoms with E-state index in [1.165, 1.54) is 36.3 Å². The van der Waals surface area contributed by atoms with E-state index in [9.17, 15) is 18.0 Å². The molecule has 0 radical (unpaired) electrons. The van der Waals surface area contributed by atoms with Crippen LogP contribution in [0.4, 0.5) is 5.69 Å². The van der Waals surface area contributed by atoms with E-state index in [-0.39, 0.29) is 40.5 Å². The van der Waals surface area contributed by atoms with Crippen molar-refractivity contribution in [3.63, 3.8) is 0 Å². The maximum Gasteiger partial charge on any atom is 0.264 e. The molecule has 0 fully saturated rings. The molecule has 0 aromatic heterocycles. The van der Waals surface area contributed by atoms with Crippen molar-refractivity contribution >= 4 is 50.7 Å². The smallest absolute Gasteiger partial charge is 0.264 e. The molecular weight excluding hydrogens is 645 g/mol. The second-order valence-electron chi connectivity index (χ2n) is 10.8. The predicted molar refractivity (Wildman–Crippen MR) is 183 cm³/mol. The first-order valence-corrected chi connectivity index (χ1v) is 17.0. The first-order chi connectivity index (χ1) is 22.0. The number of carbonyl (C=O) groups excluding carboxylic acids is 2. The van der Waals surface area contributed by atoms with Crippen LogP contribution >= 0.6 is 23.2 Å². The van der Waals surface area contributed by atoms with Gasteiger partial charge in [-0.25, -0.2) is 8.42 Å². The molecule has 0 spiro atoms. The number of hydrogen-bond acceptors (Lipinski definition) is 5. The molecule has 8 nitrogen and oxygen atoms in total. The Morgan fingerprint density at radius 3 is 2.09 bits per heavy atom. The van der Waals surface area contributed by atoms with Crippen molar-refractivity contribution in [3.05, 3.63) is 124 Å². The van der Waals surface area contributed by atoms with Gasteiger partial charge < -0.3 is 15.0 Å². The SMILES string of the molecule is CC[C@@H](C)NC(=O)[C@@H](Cc1ccccc1)N(Cc1ccc(Cl)cc1)C(=O)CN(c1ccc(OC)c(Cl)c1)S(=O)(=O)c1ccccc1. The molecule has 0 aliphatic heterocycles. The molecular formula is C35H37Cl2N3O5S. The van der Waals surface area contributed by atoms with Gasteiger partial charge in [0.1, 0.15) is 18.3 Å². The molecule has 11 heteroatoms. The van der Waals surface area contributed by atoms with Crippen LogP contribution in [0.2, 0.25) is 10.0 Å². The van der Waals surface area contributed by atoms with Crippen LogP contribution in [-0.4, -0.2) is 50.9 Å². The van der Waals surface area contributed by atoms with Crippen LogP contribution in [0.5, 0.6) is 5.75 Å². The number of anilines is 1. The number of nitrogens with zero attached hydrogens (tertiary/aromatic N) is 2. The van der Waals surface area contributed by atoms with Crippen molar-refractivity contribution in [2.45, 2.75) is 50.2 Å². The van der Waals surface area contributed by atoms with Gasteiger partial charge >= 0.3 is 0 Å². The molecule has 4 aromatic carbocycles. The first kappa shape index (κ1) is 34.8. The highest BCUT2D eigenvalue weighted by Crippen LogP contribution is 2.32. The first-order valence-electron chi connectivity index (χ1n) is 14.8. The summed E-state index contributed by atoms with van der Waals surface area (Å²) in [5.41, 5.74) is 1.73. The Morgan fingerprint density at radius 1 is 0.870 bits per heavy atom. The van der Waals surface area contributed by atoms with Gasteiger partial charge in [-0.05, 0) is 66.9 Å². The minimum atomic E-state index is -4.26. The largest absolute Gasteiger partial charge is 0.495 e. The summed E-state index contributed by atoms with van der Waals surface area (Å²) in [6, 6.07) is 27.6. The van der Waals surface area contributed by atoms with Crippen molar-refractivity contribution < 1.29 is 22.7 Å². The average Bonchev–Trinajstić information content (AvgIpc) is 3.06. The van der Waals surface area contributed by atoms with Crippen molar-refractivity contribution in [1.82, 2.24) is 10.2 Å². The fourth-order valence-corrected chi connectivity index (χ4v) is 6.65. The Hall–Kier alpha value is -4.05. The monoisotopic (exact) mass is 681 g/mol. The highest BCUT2D eigenvalue weighted by Gasteiger charge is 2.35. The molecule has 0 heterocycles. The number of benzene rings is 4. The van der Waals surface area contributed by atoms with Crippen LogP contribution in [0, 0.1) is 0 Å². The average molecular weight is 683 g/mol. The van der Waals surface area contributed by atoms with E-state index < -0.39 is 28.5 Å². The van der Waals surface area contributed by atoms with E-state index >= 15 is 0 Å². The van der Waals surface area contributed by atoms with Crippen molar-refractivity contribution in [3.8, 4) is 5.75 Å². The van der Waals surface area contributed by atoms with Gasteiger partial charge in [-0.2, -0.15) is 0 Å². The number of hydrogen-bond donors (Lipinski definition) is 1. The lowest BCUT2D eigenvalue weighted by molar-refractivity contribution is -0.140. The number of ether oxygens (including phenoxy) is 1. The lowest BCUT2D eigenvalue weighted by Gasteiger charge is -2.34. The van der Waals surface area contributed by atoms with E-state index in [2.05, 4.69) is 5.32 Å². The van der Waals surface area contributed by atoms with E-state index in [0.29, 0.717) is 17.2 Å². The lowest BCUT2D eigenvalue weighted by Crippen LogP contribution is -2.54. The minimum Gasteiger partial charge on any atom is -0.495 e. The van der Waals surface area contributed by atoms with E-state index in [0.717, 1.165) is 15.4 Å². The van der Waals surface area contributed by atoms with Crippen molar-refractivity contribution in [2.24, 2.45) is 0 Å². The molecule has 0 saturated carbocycles. The van der Waals surface area contributed by atoms with Crippen molar-refractivity contribution in [1.29, 1.82) is 0 Å². The van der Waals surface area contributed by atoms with Crippen LogP contribution in [0.1, 0.15) is 31.4 Å². The molecule has 4 aromatic rings. The Labute approximate surface area is 280 Å². The predicted octanol–water partition coefficient (Wildman–Crippen LogP) is 6.75. The zero-order valence-electron chi connectivity index (χ0n) is 25.9. The number of carbonyl (C=O) groups is 2. The topological polar surface area (TPSA) is 96.0 Å². The molecule has 2 atom stereocenters. The lowest BCUT2D eigenvalue weighted by atomic mass is 10.0. The Morgan fingerprint density at radius 2 is 1.50 bits per heavy atom. The quantitative estimate of drug-likeness (QED) is 0.159. The third-order valence-electron chi connectivity index (χ3n) is 7.57. The Kier molecular flexibility index (Phi) is 12.1. The van der Waals surface area contributed by atoms with Gasteiger partial charge in [0.15, 0.2) is 0 Å². The third kappa shape index (κ3) is 8.81. The number of sulfonamides is 1. The van der Waals surface area contributed by atoms with Crippen LogP contribution in [0.15, 0.2) is 108 Å². The third-order valence-corrected chi connectivity index (χ3v) is 9.91. The summed E-state index contributed by atoms with van der Waals surface area (Å²) < 4.78 is 34.5. The maximum atomic E-state index is 14.5. The van der Waals surface area contributed by atoms with Gasteiger partial charge in [0.2, 0.25) is 11.8 Å². The molecule has 0 unspecified atom stereocenters. The maximum absolute atomic E-state index is 14.5. The van der Waals surface area contributed by atoms with Crippen LogP contribution in [-0.2, 0) is 32.6 Å². The molecule has 0 aliphatic rings. The molecule has 1 N–H and O–H groups in total. The van der Waals surface area contributed by atoms with E-state index in [4.69, 9.17) is 27.9 Å². The van der Waals surface area contributed by atoms with Gasteiger partial charge in [-0.3, -0.25) is 13.9 Å². The van der Waals surface area contributed by atoms with Crippen LogP contribution in [0.3, 0.4) is 0 Å². The van der Waals surface area contributed by atoms with Crippen molar-refractivity contribution in [2.75, 3.05) is 18.0 Å². The molecule has 0 bridgehead atoms. The fraction of sp³-hybridized carbons (Fsp3) is 0.257. The summed E-state index contributed by atoms with van der Waals surface area (Å²) in [7, 11) is -2.80. The summed E-state index contributed by atoms with van der Waals surface area (Å²) >= 11 is 12.6. The molecule has 0 aliphatic carbocycles. The second kappa shape index (κ2) is 16.0. The number of halogens is 2. The van der Waals surface area contributed by atoms with Gasteiger partial charge in [0.25, 0.3) is 10.0 Å². The fourth-order valence-electron chi connectivity index (χ4n) is 4.84. The summed E-state index contributed by atoms with van der Waals surface area (Å²) in [6.07, 6.45) is 0.901. The van der Waals surface area contributed by atoms with Gasteiger partial charge in [-0.15, -0.1) is 0 Å². The number of rotatable bonds is 14. The standard InChI is InChI=1S/C35H37Cl2N3O5S/c1-4-25(2)38-35(42)32(21-26-11-7-5-8-12-26)39(23-27-15-17-28(36)18-16-27)34(41)24-40(29-19-20-33(45-3)31(37)22-29)46(43,44)30-13-9-6-10-14-30/h5-20,22,25,32H,4,21,23-24H2,1-3H3,(H,38,42)/t25-,32-/m1/s1. The normalized spacial score (nSPS) is 12.5. The number of methoxy groups -OCH3 is 1. The van der Waals surface area contributed by atoms with Gasteiger partial charge in [0, 0.05) is 24.0 Å². The summed E-state index contributed by atoms with van der Waals surface area (Å²) in [5.74, 6) is -0.574. The molecule has 242 valence electrons. The second-order valence-corrected chi connectivity index (χ2v) is 13.5. The summed E-state index contributed by atoms with van der Waals surface area (Å²) in [6.45, 7) is 3.28. The molecule has 4 rings (SSSR count). The highest BCUT2D eigenvalue weighted by atomic mass is 35.5. The van der Waals surface area contributed by atoms with E-state index in [1.54, 1.807) is 48.5 Å². The molecule has 0 saturated heterocycles. The number of nitrogens with one attached hydrogen (secondary N) is 1. The Balaban J connectivity index is 1.82. The van der Waals surface area contributed by atoms with Gasteiger partial charge in [0.05, 0.1) is 22.7 Å². The van der Waals surface area contributed by atoms with Crippen LogP contribution in [0.25, 0.3) is 0 Å². The van der Waals surface area contributed by atoms with Gasteiger partial charge in [-0.1, -0.05) is 90.8 Å². The summed E-state index contributed by atoms with van der Waals surface area (Å²) in [5, 5.41) is 3.72. The minimum absolute atomic E-state index is 0.00524. The van der Waals surface area contributed by atoms with E-state index in [1.807, 2.05) is 44.2 Å². The zero-order valence-corrected chi connectivity index (χ0v) is 28.2. The molecule has 46 heavy (non-hydrogen) atoms.